The maximum atomic E-state index is 8.67. The van der Waals surface area contributed by atoms with Gasteiger partial charge in [0.15, 0.2) is 0 Å². The molecule has 0 aliphatic heterocycles. The predicted molar refractivity (Wildman–Crippen MR) is 68.4 cm³/mol. The van der Waals surface area contributed by atoms with Crippen molar-refractivity contribution in [1.82, 2.24) is 4.90 Å². The van der Waals surface area contributed by atoms with E-state index in [1.54, 1.807) is 0 Å². The third-order valence-electron chi connectivity index (χ3n) is 2.50. The molecule has 17 heavy (non-hydrogen) atoms. The second kappa shape index (κ2) is 8.74. The summed E-state index contributed by atoms with van der Waals surface area (Å²) in [4.78, 5) is 2.12. The van der Waals surface area contributed by atoms with Crippen molar-refractivity contribution < 1.29 is 4.74 Å². The maximum Gasteiger partial charge on any atom is 0.0866 e. The summed E-state index contributed by atoms with van der Waals surface area (Å²) >= 11 is 0. The molecule has 0 spiro atoms. The summed E-state index contributed by atoms with van der Waals surface area (Å²) in [5, 5.41) is 8.67. The second-order valence-corrected chi connectivity index (χ2v) is 3.97. The first-order chi connectivity index (χ1) is 8.36. The fraction of sp³-hybridized carbons (Fsp3) is 0.500. The van der Waals surface area contributed by atoms with Crippen LogP contribution < -0.4 is 0 Å². The quantitative estimate of drug-likeness (QED) is 0.510. The van der Waals surface area contributed by atoms with Crippen molar-refractivity contribution >= 4 is 0 Å². The summed E-state index contributed by atoms with van der Waals surface area (Å²) in [5.41, 5.74) is 1.19. The van der Waals surface area contributed by atoms with Crippen molar-refractivity contribution in [2.75, 3.05) is 26.2 Å². The monoisotopic (exact) mass is 232 g/mol. The van der Waals surface area contributed by atoms with Crippen LogP contribution in [0.3, 0.4) is 0 Å². The zero-order valence-electron chi connectivity index (χ0n) is 10.4. The molecule has 92 valence electrons. The number of nitrogens with zero attached hydrogens (tertiary/aromatic N) is 2. The summed E-state index contributed by atoms with van der Waals surface area (Å²) in [6, 6.07) is 12.3. The molecular weight excluding hydrogens is 212 g/mol. The molecule has 0 fully saturated rings. The molecule has 0 N–H and O–H groups in total. The molecule has 1 rings (SSSR count). The molecule has 0 saturated carbocycles. The fourth-order valence-corrected chi connectivity index (χ4v) is 1.64. The van der Waals surface area contributed by atoms with Gasteiger partial charge in [0.2, 0.25) is 0 Å². The van der Waals surface area contributed by atoms with E-state index in [1.807, 2.05) is 18.2 Å². The molecule has 0 bridgehead atoms. The van der Waals surface area contributed by atoms with Crippen LogP contribution in [0.4, 0.5) is 0 Å². The smallest absolute Gasteiger partial charge is 0.0866 e. The second-order valence-electron chi connectivity index (χ2n) is 3.97. The topological polar surface area (TPSA) is 36.3 Å². The van der Waals surface area contributed by atoms with Gasteiger partial charge in [0.05, 0.1) is 25.8 Å². The van der Waals surface area contributed by atoms with E-state index < -0.39 is 0 Å². The van der Waals surface area contributed by atoms with Crippen LogP contribution in [0.1, 0.15) is 18.9 Å². The van der Waals surface area contributed by atoms with Crippen LogP contribution in [-0.2, 0) is 11.3 Å². The molecule has 3 heteroatoms. The summed E-state index contributed by atoms with van der Waals surface area (Å²) < 4.78 is 5.59. The first-order valence-corrected chi connectivity index (χ1v) is 6.07. The lowest BCUT2D eigenvalue weighted by Gasteiger charge is -2.17. The first kappa shape index (κ1) is 13.7. The summed E-state index contributed by atoms with van der Waals surface area (Å²) in [5.74, 6) is 0. The Morgan fingerprint density at radius 1 is 1.24 bits per heavy atom. The van der Waals surface area contributed by atoms with Gasteiger partial charge in [0.1, 0.15) is 0 Å². The lowest BCUT2D eigenvalue weighted by molar-refractivity contribution is 0.0963. The summed E-state index contributed by atoms with van der Waals surface area (Å²) in [7, 11) is 0. The zero-order chi connectivity index (χ0) is 12.3. The Balaban J connectivity index is 2.16. The van der Waals surface area contributed by atoms with Crippen LogP contribution in [-0.4, -0.2) is 31.1 Å². The zero-order valence-corrected chi connectivity index (χ0v) is 10.4. The molecule has 0 saturated heterocycles. The Labute approximate surface area is 104 Å². The van der Waals surface area contributed by atoms with Gasteiger partial charge in [-0.25, -0.2) is 0 Å². The van der Waals surface area contributed by atoms with E-state index in [4.69, 9.17) is 10.00 Å². The number of hydrogen-bond acceptors (Lipinski definition) is 3. The van der Waals surface area contributed by atoms with Gasteiger partial charge in [-0.2, -0.15) is 5.26 Å². The van der Waals surface area contributed by atoms with Crippen molar-refractivity contribution in [3.63, 3.8) is 0 Å². The van der Waals surface area contributed by atoms with Crippen LogP contribution in [0.25, 0.3) is 0 Å². The van der Waals surface area contributed by atoms with E-state index in [0.29, 0.717) is 19.8 Å². The highest BCUT2D eigenvalue weighted by Gasteiger charge is 2.02. The van der Waals surface area contributed by atoms with E-state index in [0.717, 1.165) is 19.5 Å². The van der Waals surface area contributed by atoms with Gasteiger partial charge in [0, 0.05) is 6.54 Å². The Bertz CT molecular complexity index is 332. The van der Waals surface area contributed by atoms with E-state index >= 15 is 0 Å². The minimum atomic E-state index is 0.489. The standard InChI is InChI=1S/C14H20N2O/c1-2-9-16(10-8-15)11-12-17-13-14-6-4-3-5-7-14/h3-7H,2,9-13H2,1H3. The molecule has 0 amide bonds. The predicted octanol–water partition coefficient (Wildman–Crippen LogP) is 2.44. The van der Waals surface area contributed by atoms with Gasteiger partial charge < -0.3 is 4.74 Å². The van der Waals surface area contributed by atoms with Crippen molar-refractivity contribution in [2.45, 2.75) is 20.0 Å². The van der Waals surface area contributed by atoms with Crippen LogP contribution >= 0.6 is 0 Å². The van der Waals surface area contributed by atoms with E-state index in [-0.39, 0.29) is 0 Å². The minimum Gasteiger partial charge on any atom is -0.375 e. The molecule has 0 heterocycles. The highest BCUT2D eigenvalue weighted by molar-refractivity contribution is 5.13. The van der Waals surface area contributed by atoms with Crippen molar-refractivity contribution in [3.8, 4) is 6.07 Å². The molecule has 0 atom stereocenters. The SMILES string of the molecule is CCCN(CC#N)CCOCc1ccccc1. The Morgan fingerprint density at radius 2 is 2.00 bits per heavy atom. The third-order valence-corrected chi connectivity index (χ3v) is 2.50. The lowest BCUT2D eigenvalue weighted by Crippen LogP contribution is -2.28. The molecule has 0 aromatic heterocycles. The van der Waals surface area contributed by atoms with Gasteiger partial charge in [-0.15, -0.1) is 0 Å². The first-order valence-electron chi connectivity index (χ1n) is 6.07. The molecule has 0 aliphatic rings. The summed E-state index contributed by atoms with van der Waals surface area (Å²) in [6.45, 7) is 5.72. The van der Waals surface area contributed by atoms with E-state index in [2.05, 4.69) is 30.0 Å². The lowest BCUT2D eigenvalue weighted by atomic mass is 10.2. The van der Waals surface area contributed by atoms with Crippen LogP contribution in [0.15, 0.2) is 30.3 Å². The molecule has 0 unspecified atom stereocenters. The van der Waals surface area contributed by atoms with E-state index in [9.17, 15) is 0 Å². The Kier molecular flexibility index (Phi) is 7.04. The average Bonchev–Trinajstić information content (AvgIpc) is 2.36. The van der Waals surface area contributed by atoms with Gasteiger partial charge in [0.25, 0.3) is 0 Å². The third kappa shape index (κ3) is 6.06. The Morgan fingerprint density at radius 3 is 2.65 bits per heavy atom. The van der Waals surface area contributed by atoms with Crippen molar-refractivity contribution in [2.24, 2.45) is 0 Å². The maximum absolute atomic E-state index is 8.67. The van der Waals surface area contributed by atoms with Gasteiger partial charge >= 0.3 is 0 Å². The molecule has 1 aromatic carbocycles. The number of hydrogen-bond donors (Lipinski definition) is 0. The molecule has 3 nitrogen and oxygen atoms in total. The normalized spacial score (nSPS) is 10.4. The number of ether oxygens (including phenoxy) is 1. The molecule has 0 aliphatic carbocycles. The highest BCUT2D eigenvalue weighted by Crippen LogP contribution is 2.00. The molecular formula is C14H20N2O. The van der Waals surface area contributed by atoms with Crippen molar-refractivity contribution in [1.29, 1.82) is 5.26 Å². The van der Waals surface area contributed by atoms with Crippen molar-refractivity contribution in [3.05, 3.63) is 35.9 Å². The van der Waals surface area contributed by atoms with Gasteiger partial charge in [-0.05, 0) is 18.5 Å². The fourth-order valence-electron chi connectivity index (χ4n) is 1.64. The average molecular weight is 232 g/mol. The summed E-state index contributed by atoms with van der Waals surface area (Å²) in [6.07, 6.45) is 1.07. The van der Waals surface area contributed by atoms with Crippen LogP contribution in [0, 0.1) is 11.3 Å². The van der Waals surface area contributed by atoms with Crippen LogP contribution in [0.2, 0.25) is 0 Å². The number of benzene rings is 1. The molecule has 1 aromatic rings. The van der Waals surface area contributed by atoms with Crippen LogP contribution in [0.5, 0.6) is 0 Å². The largest absolute Gasteiger partial charge is 0.375 e. The van der Waals surface area contributed by atoms with Gasteiger partial charge in [-0.3, -0.25) is 4.90 Å². The number of rotatable bonds is 8. The molecule has 0 radical (unpaired) electrons. The van der Waals surface area contributed by atoms with Gasteiger partial charge in [-0.1, -0.05) is 37.3 Å². The number of nitriles is 1. The minimum absolute atomic E-state index is 0.489. The Hall–Kier alpha value is -1.37. The highest BCUT2D eigenvalue weighted by atomic mass is 16.5. The van der Waals surface area contributed by atoms with E-state index in [1.165, 1.54) is 5.56 Å².